The van der Waals surface area contributed by atoms with E-state index in [2.05, 4.69) is 0 Å². The van der Waals surface area contributed by atoms with Crippen molar-refractivity contribution >= 4 is 57.9 Å². The van der Waals surface area contributed by atoms with E-state index in [1.54, 1.807) is 24.3 Å². The third-order valence-electron chi connectivity index (χ3n) is 5.23. The molecule has 1 saturated heterocycles. The summed E-state index contributed by atoms with van der Waals surface area (Å²) in [6, 6.07) is 15.1. The number of non-ortho nitro benzene ring substituents is 2. The molecule has 1 heterocycles. The lowest BCUT2D eigenvalue weighted by Crippen LogP contribution is -2.32. The Bertz CT molecular complexity index is 1490. The number of hydrogen-bond donors (Lipinski definition) is 0. The minimum absolute atomic E-state index is 0.0257. The first kappa shape index (κ1) is 27.3. The molecule has 198 valence electrons. The highest BCUT2D eigenvalue weighted by molar-refractivity contribution is 8.18. The fourth-order valence-electron chi connectivity index (χ4n) is 3.37. The SMILES string of the molecule is O=C(Oc1ccc(/C=C2\SC(=O)N(CCOc3ccccc3Cl)C2=O)cc1)c1cc([N+](=O)[O-])cc([N+](=O)[O-])c1. The number of imide groups is 1. The first-order valence-electron chi connectivity index (χ1n) is 11.0. The quantitative estimate of drug-likeness (QED) is 0.106. The second kappa shape index (κ2) is 11.8. The van der Waals surface area contributed by atoms with E-state index in [0.29, 0.717) is 16.3 Å². The Morgan fingerprint density at radius 2 is 1.62 bits per heavy atom. The van der Waals surface area contributed by atoms with Crippen LogP contribution in [0.1, 0.15) is 15.9 Å². The van der Waals surface area contributed by atoms with Gasteiger partial charge in [0.15, 0.2) is 0 Å². The third-order valence-corrected chi connectivity index (χ3v) is 6.45. The van der Waals surface area contributed by atoms with E-state index in [9.17, 15) is 34.6 Å². The van der Waals surface area contributed by atoms with Crippen molar-refractivity contribution in [3.05, 3.63) is 108 Å². The summed E-state index contributed by atoms with van der Waals surface area (Å²) in [6.45, 7) is 0.0841. The Labute approximate surface area is 229 Å². The second-order valence-corrected chi connectivity index (χ2v) is 9.22. The first-order valence-corrected chi connectivity index (χ1v) is 12.2. The predicted molar refractivity (Wildman–Crippen MR) is 141 cm³/mol. The average Bonchev–Trinajstić information content (AvgIpc) is 3.17. The zero-order valence-corrected chi connectivity index (χ0v) is 21.2. The molecule has 4 rings (SSSR count). The lowest BCUT2D eigenvalue weighted by molar-refractivity contribution is -0.394. The number of halogens is 1. The third kappa shape index (κ3) is 6.58. The smallest absolute Gasteiger partial charge is 0.344 e. The molecule has 14 heteroatoms. The van der Waals surface area contributed by atoms with Crippen LogP contribution in [0.3, 0.4) is 0 Å². The summed E-state index contributed by atoms with van der Waals surface area (Å²) in [5.41, 5.74) is -1.10. The fraction of sp³-hybridized carbons (Fsp3) is 0.0800. The standard InChI is InChI=1S/C25H16ClN3O9S/c26-20-3-1-2-4-21(20)37-10-9-27-23(30)22(39-25(27)32)11-15-5-7-19(8-6-15)38-24(31)16-12-17(28(33)34)14-18(13-16)29(35)36/h1-8,11-14H,9-10H2/b22-11-. The van der Waals surface area contributed by atoms with Crippen LogP contribution in [0.4, 0.5) is 16.2 Å². The molecule has 39 heavy (non-hydrogen) atoms. The van der Waals surface area contributed by atoms with Gasteiger partial charge in [-0.25, -0.2) is 4.79 Å². The molecule has 1 fully saturated rings. The van der Waals surface area contributed by atoms with E-state index < -0.39 is 38.3 Å². The highest BCUT2D eigenvalue weighted by atomic mass is 35.5. The Morgan fingerprint density at radius 3 is 2.23 bits per heavy atom. The van der Waals surface area contributed by atoms with Crippen molar-refractivity contribution in [3.63, 3.8) is 0 Å². The maximum Gasteiger partial charge on any atom is 0.344 e. The van der Waals surface area contributed by atoms with Crippen molar-refractivity contribution in [1.82, 2.24) is 4.90 Å². The summed E-state index contributed by atoms with van der Waals surface area (Å²) in [6.07, 6.45) is 1.50. The monoisotopic (exact) mass is 569 g/mol. The van der Waals surface area contributed by atoms with E-state index in [1.807, 2.05) is 0 Å². The summed E-state index contributed by atoms with van der Waals surface area (Å²) >= 11 is 6.80. The number of nitrogens with zero attached hydrogens (tertiary/aromatic N) is 3. The number of para-hydroxylation sites is 1. The molecule has 0 spiro atoms. The van der Waals surface area contributed by atoms with E-state index in [1.165, 1.54) is 30.3 Å². The number of amides is 2. The van der Waals surface area contributed by atoms with Crippen LogP contribution in [-0.2, 0) is 4.79 Å². The summed E-state index contributed by atoms with van der Waals surface area (Å²) in [4.78, 5) is 59.1. The molecule has 3 aromatic carbocycles. The van der Waals surface area contributed by atoms with Crippen LogP contribution in [0.2, 0.25) is 5.02 Å². The van der Waals surface area contributed by atoms with Crippen molar-refractivity contribution in [2.75, 3.05) is 13.2 Å². The molecule has 2 amide bonds. The molecular formula is C25H16ClN3O9S. The topological polar surface area (TPSA) is 159 Å². The molecule has 3 aromatic rings. The minimum atomic E-state index is -1.03. The number of nitro benzene ring substituents is 2. The number of hydrogen-bond acceptors (Lipinski definition) is 10. The molecule has 0 saturated carbocycles. The molecule has 0 aliphatic carbocycles. The van der Waals surface area contributed by atoms with Crippen molar-refractivity contribution in [2.24, 2.45) is 0 Å². The number of carbonyl (C=O) groups is 3. The molecule has 0 unspecified atom stereocenters. The van der Waals surface area contributed by atoms with Crippen molar-refractivity contribution in [3.8, 4) is 11.5 Å². The number of nitro groups is 2. The van der Waals surface area contributed by atoms with Gasteiger partial charge >= 0.3 is 5.97 Å². The molecule has 0 radical (unpaired) electrons. The highest BCUT2D eigenvalue weighted by Gasteiger charge is 2.34. The van der Waals surface area contributed by atoms with E-state index in [4.69, 9.17) is 21.1 Å². The highest BCUT2D eigenvalue weighted by Crippen LogP contribution is 2.33. The zero-order chi connectivity index (χ0) is 28.1. The van der Waals surface area contributed by atoms with Crippen LogP contribution in [0.15, 0.2) is 71.6 Å². The van der Waals surface area contributed by atoms with Crippen molar-refractivity contribution in [1.29, 1.82) is 0 Å². The van der Waals surface area contributed by atoms with E-state index >= 15 is 0 Å². The van der Waals surface area contributed by atoms with Gasteiger partial charge in [-0.1, -0.05) is 35.9 Å². The van der Waals surface area contributed by atoms with E-state index in [0.717, 1.165) is 34.9 Å². The van der Waals surface area contributed by atoms with Gasteiger partial charge in [-0.15, -0.1) is 0 Å². The van der Waals surface area contributed by atoms with Gasteiger partial charge in [0.1, 0.15) is 18.1 Å². The number of esters is 1. The van der Waals surface area contributed by atoms with Gasteiger partial charge in [-0.05, 0) is 47.7 Å². The fourth-order valence-corrected chi connectivity index (χ4v) is 4.43. The van der Waals surface area contributed by atoms with Crippen LogP contribution in [0, 0.1) is 20.2 Å². The number of rotatable bonds is 9. The summed E-state index contributed by atoms with van der Waals surface area (Å²) in [5, 5.41) is 22.0. The molecule has 0 atom stereocenters. The maximum atomic E-state index is 12.7. The van der Waals surface area contributed by atoms with Crippen LogP contribution in [0.25, 0.3) is 6.08 Å². The maximum absolute atomic E-state index is 12.7. The Hall–Kier alpha value is -4.75. The van der Waals surface area contributed by atoms with Crippen LogP contribution < -0.4 is 9.47 Å². The number of benzene rings is 3. The Balaban J connectivity index is 1.40. The van der Waals surface area contributed by atoms with Gasteiger partial charge in [0.25, 0.3) is 22.5 Å². The lowest BCUT2D eigenvalue weighted by Gasteiger charge is -2.13. The van der Waals surface area contributed by atoms with Gasteiger partial charge in [0.2, 0.25) is 0 Å². The molecule has 1 aliphatic heterocycles. The lowest BCUT2D eigenvalue weighted by atomic mass is 10.1. The summed E-state index contributed by atoms with van der Waals surface area (Å²) < 4.78 is 10.7. The summed E-state index contributed by atoms with van der Waals surface area (Å²) in [5.74, 6) is -1.03. The predicted octanol–water partition coefficient (Wildman–Crippen LogP) is 5.49. The largest absolute Gasteiger partial charge is 0.490 e. The molecular weight excluding hydrogens is 554 g/mol. The van der Waals surface area contributed by atoms with Gasteiger partial charge in [-0.2, -0.15) is 0 Å². The van der Waals surface area contributed by atoms with Crippen LogP contribution in [0.5, 0.6) is 11.5 Å². The van der Waals surface area contributed by atoms with Gasteiger partial charge in [0.05, 0.1) is 37.9 Å². The Kier molecular flexibility index (Phi) is 8.22. The molecule has 0 aromatic heterocycles. The zero-order valence-electron chi connectivity index (χ0n) is 19.6. The number of ether oxygens (including phenoxy) is 2. The molecule has 12 nitrogen and oxygen atoms in total. The van der Waals surface area contributed by atoms with Crippen LogP contribution >= 0.6 is 23.4 Å². The average molecular weight is 570 g/mol. The molecule has 0 N–H and O–H groups in total. The Morgan fingerprint density at radius 1 is 0.974 bits per heavy atom. The number of thioether (sulfide) groups is 1. The van der Waals surface area contributed by atoms with E-state index in [-0.39, 0.29) is 29.4 Å². The van der Waals surface area contributed by atoms with Crippen LogP contribution in [-0.4, -0.2) is 45.0 Å². The first-order chi connectivity index (χ1) is 18.6. The van der Waals surface area contributed by atoms with Crippen molar-refractivity contribution in [2.45, 2.75) is 0 Å². The normalized spacial score (nSPS) is 14.0. The molecule has 0 bridgehead atoms. The summed E-state index contributed by atoms with van der Waals surface area (Å²) in [7, 11) is 0. The van der Waals surface area contributed by atoms with Gasteiger partial charge in [-0.3, -0.25) is 34.7 Å². The second-order valence-electron chi connectivity index (χ2n) is 7.82. The van der Waals surface area contributed by atoms with Gasteiger partial charge in [0, 0.05) is 12.1 Å². The van der Waals surface area contributed by atoms with Crippen molar-refractivity contribution < 1.29 is 33.7 Å². The minimum Gasteiger partial charge on any atom is -0.490 e. The number of carbonyl (C=O) groups excluding carboxylic acids is 3. The van der Waals surface area contributed by atoms with Gasteiger partial charge < -0.3 is 9.47 Å². The molecule has 1 aliphatic rings.